The minimum atomic E-state index is 0.585. The zero-order valence-corrected chi connectivity index (χ0v) is 10.2. The van der Waals surface area contributed by atoms with Gasteiger partial charge >= 0.3 is 0 Å². The zero-order chi connectivity index (χ0) is 11.5. The third-order valence-corrected chi connectivity index (χ3v) is 3.51. The summed E-state index contributed by atoms with van der Waals surface area (Å²) in [7, 11) is 2.19. The molecule has 0 aromatic carbocycles. The molecule has 1 aliphatic rings. The number of aryl methyl sites for hydroxylation is 1. The van der Waals surface area contributed by atoms with Gasteiger partial charge in [0.15, 0.2) is 0 Å². The van der Waals surface area contributed by atoms with E-state index < -0.39 is 0 Å². The van der Waals surface area contributed by atoms with E-state index >= 15 is 0 Å². The first-order valence-corrected chi connectivity index (χ1v) is 5.88. The largest absolute Gasteiger partial charge is 0.308 e. The van der Waals surface area contributed by atoms with E-state index in [1.165, 1.54) is 12.8 Å². The predicted molar refractivity (Wildman–Crippen MR) is 61.0 cm³/mol. The van der Waals surface area contributed by atoms with Gasteiger partial charge in [-0.05, 0) is 40.3 Å². The standard InChI is InChI=1S/C11H20N4O/c1-8-6-10(4-5-15(8)3)12-7-11-9(2)13-16-14-11/h8,10,12H,4-7H2,1-3H3. The molecular formula is C11H20N4O. The van der Waals surface area contributed by atoms with E-state index in [-0.39, 0.29) is 0 Å². The maximum atomic E-state index is 4.68. The van der Waals surface area contributed by atoms with Crippen LogP contribution in [0.15, 0.2) is 4.63 Å². The first kappa shape index (κ1) is 11.5. The molecule has 90 valence electrons. The molecule has 5 nitrogen and oxygen atoms in total. The summed E-state index contributed by atoms with van der Waals surface area (Å²) in [5.41, 5.74) is 1.81. The Labute approximate surface area is 96.2 Å². The number of hydrogen-bond acceptors (Lipinski definition) is 5. The second kappa shape index (κ2) is 4.93. The molecule has 0 spiro atoms. The van der Waals surface area contributed by atoms with Crippen molar-refractivity contribution in [2.75, 3.05) is 13.6 Å². The minimum absolute atomic E-state index is 0.585. The van der Waals surface area contributed by atoms with Gasteiger partial charge < -0.3 is 10.2 Å². The van der Waals surface area contributed by atoms with Crippen LogP contribution in [0.4, 0.5) is 0 Å². The quantitative estimate of drug-likeness (QED) is 0.828. The highest BCUT2D eigenvalue weighted by molar-refractivity contribution is 5.04. The predicted octanol–water partition coefficient (Wildman–Crippen LogP) is 0.950. The summed E-state index contributed by atoms with van der Waals surface area (Å²) >= 11 is 0. The van der Waals surface area contributed by atoms with Gasteiger partial charge in [-0.1, -0.05) is 10.3 Å². The van der Waals surface area contributed by atoms with Crippen molar-refractivity contribution in [1.82, 2.24) is 20.5 Å². The van der Waals surface area contributed by atoms with E-state index in [2.05, 4.69) is 39.1 Å². The summed E-state index contributed by atoms with van der Waals surface area (Å²) in [4.78, 5) is 2.40. The summed E-state index contributed by atoms with van der Waals surface area (Å²) < 4.78 is 4.68. The fourth-order valence-electron chi connectivity index (χ4n) is 2.13. The van der Waals surface area contributed by atoms with Crippen LogP contribution < -0.4 is 5.32 Å². The van der Waals surface area contributed by atoms with Crippen molar-refractivity contribution in [1.29, 1.82) is 0 Å². The summed E-state index contributed by atoms with van der Waals surface area (Å²) in [6, 6.07) is 1.24. The van der Waals surface area contributed by atoms with Gasteiger partial charge in [-0.25, -0.2) is 4.63 Å². The van der Waals surface area contributed by atoms with E-state index in [1.54, 1.807) is 0 Å². The zero-order valence-electron chi connectivity index (χ0n) is 10.2. The first-order valence-electron chi connectivity index (χ1n) is 5.88. The van der Waals surface area contributed by atoms with Crippen LogP contribution in [0, 0.1) is 6.92 Å². The van der Waals surface area contributed by atoms with Crippen molar-refractivity contribution in [2.24, 2.45) is 0 Å². The summed E-state index contributed by atoms with van der Waals surface area (Å²) in [6.45, 7) is 6.12. The molecule has 16 heavy (non-hydrogen) atoms. The van der Waals surface area contributed by atoms with Crippen LogP contribution in [-0.4, -0.2) is 40.9 Å². The Morgan fingerprint density at radius 3 is 2.94 bits per heavy atom. The molecule has 1 aromatic heterocycles. The molecule has 5 heteroatoms. The van der Waals surface area contributed by atoms with Crippen molar-refractivity contribution >= 4 is 0 Å². The van der Waals surface area contributed by atoms with Crippen LogP contribution in [0.25, 0.3) is 0 Å². The fraction of sp³-hybridized carbons (Fsp3) is 0.818. The molecule has 0 radical (unpaired) electrons. The third-order valence-electron chi connectivity index (χ3n) is 3.51. The van der Waals surface area contributed by atoms with Crippen LogP contribution in [-0.2, 0) is 6.54 Å². The molecule has 1 aliphatic heterocycles. The highest BCUT2D eigenvalue weighted by atomic mass is 16.6. The van der Waals surface area contributed by atoms with Crippen LogP contribution in [0.1, 0.15) is 31.2 Å². The number of likely N-dealkylation sites (tertiary alicyclic amines) is 1. The lowest BCUT2D eigenvalue weighted by Crippen LogP contribution is -2.45. The van der Waals surface area contributed by atoms with E-state index in [0.29, 0.717) is 12.1 Å². The van der Waals surface area contributed by atoms with Crippen LogP contribution in [0.2, 0.25) is 0 Å². The van der Waals surface area contributed by atoms with Crippen molar-refractivity contribution in [3.8, 4) is 0 Å². The van der Waals surface area contributed by atoms with Gasteiger partial charge in [-0.2, -0.15) is 0 Å². The lowest BCUT2D eigenvalue weighted by molar-refractivity contribution is 0.167. The lowest BCUT2D eigenvalue weighted by Gasteiger charge is -2.35. The number of hydrogen-bond donors (Lipinski definition) is 1. The number of rotatable bonds is 3. The molecule has 2 atom stereocenters. The van der Waals surface area contributed by atoms with Gasteiger partial charge in [-0.3, -0.25) is 0 Å². The second-order valence-electron chi connectivity index (χ2n) is 4.73. The van der Waals surface area contributed by atoms with Gasteiger partial charge in [-0.15, -0.1) is 0 Å². The summed E-state index contributed by atoms with van der Waals surface area (Å²) in [5, 5.41) is 11.2. The molecule has 0 aliphatic carbocycles. The smallest absolute Gasteiger partial charge is 0.121 e. The molecule has 0 bridgehead atoms. The highest BCUT2D eigenvalue weighted by Crippen LogP contribution is 2.15. The van der Waals surface area contributed by atoms with Gasteiger partial charge in [0.25, 0.3) is 0 Å². The van der Waals surface area contributed by atoms with Crippen molar-refractivity contribution in [3.05, 3.63) is 11.4 Å². The van der Waals surface area contributed by atoms with E-state index in [4.69, 9.17) is 0 Å². The van der Waals surface area contributed by atoms with Gasteiger partial charge in [0, 0.05) is 18.6 Å². The van der Waals surface area contributed by atoms with Gasteiger partial charge in [0.1, 0.15) is 11.4 Å². The number of piperidine rings is 1. The van der Waals surface area contributed by atoms with Crippen LogP contribution in [0.5, 0.6) is 0 Å². The second-order valence-corrected chi connectivity index (χ2v) is 4.73. The molecule has 1 N–H and O–H groups in total. The van der Waals surface area contributed by atoms with Crippen molar-refractivity contribution in [3.63, 3.8) is 0 Å². The van der Waals surface area contributed by atoms with E-state index in [1.807, 2.05) is 6.92 Å². The average molecular weight is 224 g/mol. The van der Waals surface area contributed by atoms with E-state index in [0.717, 1.165) is 24.5 Å². The summed E-state index contributed by atoms with van der Waals surface area (Å²) in [5.74, 6) is 0. The molecule has 2 unspecified atom stereocenters. The SMILES string of the molecule is Cc1nonc1CNC1CCN(C)C(C)C1. The molecule has 2 heterocycles. The first-order chi connectivity index (χ1) is 7.66. The average Bonchev–Trinajstić information content (AvgIpc) is 2.66. The molecule has 1 aromatic rings. The maximum Gasteiger partial charge on any atom is 0.121 e. The van der Waals surface area contributed by atoms with Crippen molar-refractivity contribution in [2.45, 2.75) is 45.3 Å². The Balaban J connectivity index is 1.81. The number of aromatic nitrogens is 2. The monoisotopic (exact) mass is 224 g/mol. The molecule has 2 rings (SSSR count). The fourth-order valence-corrected chi connectivity index (χ4v) is 2.13. The van der Waals surface area contributed by atoms with Gasteiger partial charge in [0.05, 0.1) is 0 Å². The normalized spacial score (nSPS) is 27.2. The molecule has 1 fully saturated rings. The highest BCUT2D eigenvalue weighted by Gasteiger charge is 2.22. The van der Waals surface area contributed by atoms with Crippen molar-refractivity contribution < 1.29 is 4.63 Å². The number of nitrogens with zero attached hydrogens (tertiary/aromatic N) is 3. The molecular weight excluding hydrogens is 204 g/mol. The number of nitrogens with one attached hydrogen (secondary N) is 1. The Morgan fingerprint density at radius 1 is 1.50 bits per heavy atom. The topological polar surface area (TPSA) is 54.2 Å². The minimum Gasteiger partial charge on any atom is -0.308 e. The Bertz CT molecular complexity index is 338. The van der Waals surface area contributed by atoms with Crippen LogP contribution >= 0.6 is 0 Å². The Hall–Kier alpha value is -0.940. The van der Waals surface area contributed by atoms with E-state index in [9.17, 15) is 0 Å². The lowest BCUT2D eigenvalue weighted by atomic mass is 9.99. The Morgan fingerprint density at radius 2 is 2.31 bits per heavy atom. The molecule has 0 amide bonds. The summed E-state index contributed by atoms with van der Waals surface area (Å²) in [6.07, 6.45) is 2.39. The van der Waals surface area contributed by atoms with Gasteiger partial charge in [0.2, 0.25) is 0 Å². The molecule has 0 saturated carbocycles. The molecule has 1 saturated heterocycles. The third kappa shape index (κ3) is 2.59. The Kier molecular flexibility index (Phi) is 3.56. The maximum absolute atomic E-state index is 4.68. The van der Waals surface area contributed by atoms with Crippen LogP contribution in [0.3, 0.4) is 0 Å².